The van der Waals surface area contributed by atoms with Crippen molar-refractivity contribution >= 4 is 34.4 Å². The van der Waals surface area contributed by atoms with Crippen LogP contribution < -0.4 is 5.32 Å². The van der Waals surface area contributed by atoms with Crippen molar-refractivity contribution in [3.05, 3.63) is 23.2 Å². The van der Waals surface area contributed by atoms with E-state index in [1.54, 1.807) is 16.8 Å². The van der Waals surface area contributed by atoms with Crippen molar-refractivity contribution < 1.29 is 9.59 Å². The molecule has 2 amide bonds. The number of nitrogens with zero attached hydrogens (tertiary/aromatic N) is 3. The fourth-order valence-corrected chi connectivity index (χ4v) is 3.67. The highest BCUT2D eigenvalue weighted by Crippen LogP contribution is 2.40. The molecule has 2 aromatic rings. The van der Waals surface area contributed by atoms with E-state index in [4.69, 9.17) is 11.6 Å². The predicted octanol–water partition coefficient (Wildman–Crippen LogP) is 2.01. The molecule has 4 rings (SSSR count). The van der Waals surface area contributed by atoms with Crippen LogP contribution in [0.3, 0.4) is 0 Å². The Kier molecular flexibility index (Phi) is 2.60. The molecule has 21 heavy (non-hydrogen) atoms. The van der Waals surface area contributed by atoms with E-state index in [1.807, 2.05) is 0 Å². The Morgan fingerprint density at radius 1 is 1.24 bits per heavy atom. The molecule has 1 N–H and O–H groups in total. The average molecular weight is 305 g/mol. The maximum absolute atomic E-state index is 12.5. The van der Waals surface area contributed by atoms with Crippen LogP contribution in [0.15, 0.2) is 12.3 Å². The summed E-state index contributed by atoms with van der Waals surface area (Å²) in [6.45, 7) is 0. The third kappa shape index (κ3) is 1.65. The molecule has 3 heterocycles. The fourth-order valence-electron chi connectivity index (χ4n) is 3.54. The average Bonchev–Trinajstić information content (AvgIpc) is 2.86. The van der Waals surface area contributed by atoms with Gasteiger partial charge < -0.3 is 4.57 Å². The summed E-state index contributed by atoms with van der Waals surface area (Å²) in [5.74, 6) is -0.614. The molecule has 2 aromatic heterocycles. The van der Waals surface area contributed by atoms with E-state index in [-0.39, 0.29) is 17.1 Å². The maximum Gasteiger partial charge on any atom is 0.274 e. The lowest BCUT2D eigenvalue weighted by Crippen LogP contribution is -2.57. The molecule has 2 aliphatic rings. The first-order chi connectivity index (χ1) is 10.1. The first-order valence-corrected chi connectivity index (χ1v) is 7.40. The number of hydrogen-bond donors (Lipinski definition) is 1. The molecule has 108 valence electrons. The molecule has 0 aromatic carbocycles. The van der Waals surface area contributed by atoms with E-state index in [0.29, 0.717) is 24.2 Å². The van der Waals surface area contributed by atoms with Gasteiger partial charge in [-0.3, -0.25) is 14.9 Å². The van der Waals surface area contributed by atoms with Gasteiger partial charge >= 0.3 is 0 Å². The van der Waals surface area contributed by atoms with E-state index < -0.39 is 5.54 Å². The molecule has 1 fully saturated rings. The quantitative estimate of drug-likeness (QED) is 0.596. The van der Waals surface area contributed by atoms with Crippen LogP contribution in [-0.4, -0.2) is 26.3 Å². The summed E-state index contributed by atoms with van der Waals surface area (Å²) in [6.07, 6.45) is 6.03. The molecule has 0 radical (unpaired) electrons. The van der Waals surface area contributed by atoms with Crippen LogP contribution in [-0.2, 0) is 10.3 Å². The van der Waals surface area contributed by atoms with Gasteiger partial charge in [0, 0.05) is 11.6 Å². The number of fused-ring (bicyclic) bond motifs is 4. The number of hydrogen-bond acceptors (Lipinski definition) is 4. The lowest BCUT2D eigenvalue weighted by Gasteiger charge is -2.40. The van der Waals surface area contributed by atoms with Crippen molar-refractivity contribution in [1.82, 2.24) is 19.9 Å². The molecule has 6 nitrogen and oxygen atoms in total. The molecule has 1 aliphatic carbocycles. The van der Waals surface area contributed by atoms with Gasteiger partial charge in [0.1, 0.15) is 16.9 Å². The molecule has 1 aliphatic heterocycles. The molecular formula is C14H13ClN4O2. The topological polar surface area (TPSA) is 76.9 Å². The minimum absolute atomic E-state index is 0.118. The number of carbonyl (C=O) groups excluding carboxylic acids is 2. The summed E-state index contributed by atoms with van der Waals surface area (Å²) in [7, 11) is 0. The molecular weight excluding hydrogens is 292 g/mol. The minimum atomic E-state index is -0.721. The first kappa shape index (κ1) is 12.8. The molecule has 0 atom stereocenters. The summed E-state index contributed by atoms with van der Waals surface area (Å²) in [5, 5.41) is 3.34. The summed E-state index contributed by atoms with van der Waals surface area (Å²) in [5.41, 5.74) is 0.305. The predicted molar refractivity (Wildman–Crippen MR) is 76.1 cm³/mol. The first-order valence-electron chi connectivity index (χ1n) is 7.02. The highest BCUT2D eigenvalue weighted by molar-refractivity contribution is 6.28. The summed E-state index contributed by atoms with van der Waals surface area (Å²) < 4.78 is 1.79. The van der Waals surface area contributed by atoms with Gasteiger partial charge in [-0.25, -0.2) is 4.98 Å². The zero-order valence-corrected chi connectivity index (χ0v) is 12.0. The number of rotatable bonds is 0. The van der Waals surface area contributed by atoms with Gasteiger partial charge in [-0.2, -0.15) is 4.98 Å². The van der Waals surface area contributed by atoms with E-state index in [1.165, 1.54) is 0 Å². The second kappa shape index (κ2) is 4.27. The highest BCUT2D eigenvalue weighted by atomic mass is 35.5. The van der Waals surface area contributed by atoms with E-state index >= 15 is 0 Å². The molecule has 1 spiro atoms. The van der Waals surface area contributed by atoms with Gasteiger partial charge in [-0.1, -0.05) is 19.3 Å². The zero-order chi connectivity index (χ0) is 14.6. The second-order valence-corrected chi connectivity index (χ2v) is 6.00. The zero-order valence-electron chi connectivity index (χ0n) is 11.2. The number of imide groups is 1. The number of carbonyl (C=O) groups is 2. The van der Waals surface area contributed by atoms with E-state index in [9.17, 15) is 9.59 Å². The Bertz CT molecular complexity index is 777. The van der Waals surface area contributed by atoms with Crippen molar-refractivity contribution in [3.8, 4) is 0 Å². The van der Waals surface area contributed by atoms with Gasteiger partial charge in [0.15, 0.2) is 0 Å². The highest BCUT2D eigenvalue weighted by Gasteiger charge is 2.48. The van der Waals surface area contributed by atoms with Crippen LogP contribution in [0.1, 0.15) is 42.6 Å². The van der Waals surface area contributed by atoms with E-state index in [0.717, 1.165) is 24.6 Å². The third-order valence-corrected chi connectivity index (χ3v) is 4.68. The Hall–Kier alpha value is -1.95. The molecule has 7 heteroatoms. The number of halogens is 1. The van der Waals surface area contributed by atoms with Crippen LogP contribution in [0.25, 0.3) is 11.0 Å². The molecule has 1 saturated carbocycles. The van der Waals surface area contributed by atoms with Crippen molar-refractivity contribution in [2.45, 2.75) is 37.6 Å². The summed E-state index contributed by atoms with van der Waals surface area (Å²) >= 11 is 5.90. The van der Waals surface area contributed by atoms with Crippen LogP contribution >= 0.6 is 11.6 Å². The number of aromatic nitrogens is 3. The molecule has 0 saturated heterocycles. The number of nitrogens with one attached hydrogen (secondary N) is 1. The Morgan fingerprint density at radius 2 is 2.00 bits per heavy atom. The standard InChI is InChI=1S/C14H13ClN4O2/c15-13-16-7-8-6-9-11(20)18-12(21)14(4-2-1-3-5-14)19(9)10(8)17-13/h6-7H,1-5H2,(H,18,20,21). The van der Waals surface area contributed by atoms with Gasteiger partial charge in [0.05, 0.1) is 0 Å². The van der Waals surface area contributed by atoms with E-state index in [2.05, 4.69) is 15.3 Å². The van der Waals surface area contributed by atoms with Crippen molar-refractivity contribution in [1.29, 1.82) is 0 Å². The largest absolute Gasteiger partial charge is 0.306 e. The maximum atomic E-state index is 12.5. The van der Waals surface area contributed by atoms with Crippen LogP contribution in [0, 0.1) is 0 Å². The molecule has 0 unspecified atom stereocenters. The Morgan fingerprint density at radius 3 is 2.76 bits per heavy atom. The smallest absolute Gasteiger partial charge is 0.274 e. The van der Waals surface area contributed by atoms with Crippen LogP contribution in [0.2, 0.25) is 5.28 Å². The summed E-state index contributed by atoms with van der Waals surface area (Å²) in [6, 6.07) is 1.73. The van der Waals surface area contributed by atoms with Gasteiger partial charge in [0.2, 0.25) is 5.28 Å². The van der Waals surface area contributed by atoms with Gasteiger partial charge in [-0.05, 0) is 30.5 Å². The normalized spacial score (nSPS) is 20.6. The van der Waals surface area contributed by atoms with Crippen LogP contribution in [0.5, 0.6) is 0 Å². The third-order valence-electron chi connectivity index (χ3n) is 4.50. The molecule has 0 bridgehead atoms. The van der Waals surface area contributed by atoms with Gasteiger partial charge in [-0.15, -0.1) is 0 Å². The van der Waals surface area contributed by atoms with Crippen molar-refractivity contribution in [2.75, 3.05) is 0 Å². The Labute approximate surface area is 125 Å². The Balaban J connectivity index is 2.06. The lowest BCUT2D eigenvalue weighted by molar-refractivity contribution is -0.131. The lowest BCUT2D eigenvalue weighted by atomic mass is 9.79. The van der Waals surface area contributed by atoms with Gasteiger partial charge in [0.25, 0.3) is 11.8 Å². The van der Waals surface area contributed by atoms with Crippen molar-refractivity contribution in [3.63, 3.8) is 0 Å². The number of amides is 2. The monoisotopic (exact) mass is 304 g/mol. The fraction of sp³-hybridized carbons (Fsp3) is 0.429. The summed E-state index contributed by atoms with van der Waals surface area (Å²) in [4.78, 5) is 32.9. The second-order valence-electron chi connectivity index (χ2n) is 5.66. The van der Waals surface area contributed by atoms with Crippen molar-refractivity contribution in [2.24, 2.45) is 0 Å². The SMILES string of the molecule is O=C1NC(=O)C2(CCCCC2)n2c1cc1cnc(Cl)nc12. The van der Waals surface area contributed by atoms with Crippen LogP contribution in [0.4, 0.5) is 0 Å². The minimum Gasteiger partial charge on any atom is -0.306 e.